The molecule has 10 heteroatoms. The Morgan fingerprint density at radius 2 is 1.90 bits per heavy atom. The van der Waals surface area contributed by atoms with E-state index < -0.39 is 12.0 Å². The van der Waals surface area contributed by atoms with Crippen LogP contribution in [0, 0.1) is 0 Å². The molecule has 206 valence electrons. The molecule has 1 atom stereocenters. The molecule has 0 spiro atoms. The predicted octanol–water partition coefficient (Wildman–Crippen LogP) is 5.88. The van der Waals surface area contributed by atoms with Crippen LogP contribution < -0.4 is 24.4 Å². The Morgan fingerprint density at radius 3 is 2.62 bits per heavy atom. The van der Waals surface area contributed by atoms with Gasteiger partial charge < -0.3 is 14.2 Å². The summed E-state index contributed by atoms with van der Waals surface area (Å²) in [5, 5.41) is 1.83. The number of carbonyl (C=O) groups is 1. The van der Waals surface area contributed by atoms with Crippen LogP contribution in [0.25, 0.3) is 16.8 Å². The smallest absolute Gasteiger partial charge is 0.338 e. The topological polar surface area (TPSA) is 79.1 Å². The van der Waals surface area contributed by atoms with Gasteiger partial charge in [0.15, 0.2) is 4.80 Å². The summed E-state index contributed by atoms with van der Waals surface area (Å²) in [5.41, 5.74) is 1.94. The number of benzene rings is 3. The highest BCUT2D eigenvalue weighted by Gasteiger charge is 2.36. The van der Waals surface area contributed by atoms with Gasteiger partial charge in [0.25, 0.3) is 5.56 Å². The molecule has 4 aromatic rings. The number of rotatable bonds is 7. The molecule has 0 fully saturated rings. The normalized spacial score (nSPS) is 15.2. The molecule has 0 radical (unpaired) electrons. The van der Waals surface area contributed by atoms with Crippen molar-refractivity contribution in [3.63, 3.8) is 0 Å². The molecule has 1 aromatic heterocycles. The van der Waals surface area contributed by atoms with E-state index in [1.165, 1.54) is 11.3 Å². The van der Waals surface area contributed by atoms with Crippen LogP contribution >= 0.6 is 43.2 Å². The molecule has 0 unspecified atom stereocenters. The molecule has 1 aliphatic heterocycles. The second-order valence-corrected chi connectivity index (χ2v) is 11.7. The lowest BCUT2D eigenvalue weighted by Gasteiger charge is -2.27. The fourth-order valence-corrected chi connectivity index (χ4v) is 7.34. The maximum atomic E-state index is 14.2. The van der Waals surface area contributed by atoms with Gasteiger partial charge in [-0.1, -0.05) is 57.6 Å². The number of ether oxygens (including phenoxy) is 3. The van der Waals surface area contributed by atoms with Gasteiger partial charge in [-0.2, -0.15) is 0 Å². The van der Waals surface area contributed by atoms with Crippen molar-refractivity contribution in [1.82, 2.24) is 4.57 Å². The first-order valence-corrected chi connectivity index (χ1v) is 15.1. The summed E-state index contributed by atoms with van der Waals surface area (Å²) < 4.78 is 20.8. The van der Waals surface area contributed by atoms with Crippen molar-refractivity contribution >= 4 is 66.0 Å². The lowest BCUT2D eigenvalue weighted by atomic mass is 9.90. The minimum atomic E-state index is -0.806. The van der Waals surface area contributed by atoms with Crippen molar-refractivity contribution in [1.29, 1.82) is 0 Å². The third-order valence-electron chi connectivity index (χ3n) is 6.55. The molecule has 1 aliphatic rings. The zero-order valence-electron chi connectivity index (χ0n) is 22.3. The van der Waals surface area contributed by atoms with Gasteiger partial charge in [0.1, 0.15) is 17.5 Å². The van der Waals surface area contributed by atoms with E-state index in [0.29, 0.717) is 44.3 Å². The Balaban J connectivity index is 1.85. The number of hydrogen-bond donors (Lipinski definition) is 0. The minimum Gasteiger partial charge on any atom is -0.496 e. The Kier molecular flexibility index (Phi) is 8.30. The lowest BCUT2D eigenvalue weighted by molar-refractivity contribution is -0.139. The summed E-state index contributed by atoms with van der Waals surface area (Å²) in [7, 11) is 1.58. The highest BCUT2D eigenvalue weighted by molar-refractivity contribution is 9.11. The number of aromatic nitrogens is 1. The third-order valence-corrected chi connectivity index (χ3v) is 8.58. The Hall–Kier alpha value is -3.21. The average molecular weight is 686 g/mol. The first-order valence-electron chi connectivity index (χ1n) is 12.7. The summed E-state index contributed by atoms with van der Waals surface area (Å²) in [4.78, 5) is 32.8. The van der Waals surface area contributed by atoms with E-state index >= 15 is 0 Å². The van der Waals surface area contributed by atoms with Gasteiger partial charge in [-0.05, 0) is 71.7 Å². The standard InChI is InChI=1S/C30H26Br2N2O5S/c1-5-38-27-18(13-19(31)15-21(27)32)14-23-28(35)34-26(24(29(36)39-6-2)16(3)33-30(34)40-23)25-20-10-8-7-9-17(20)11-12-22(25)37-4/h7-15,26H,5-6H2,1-4H3/b23-14-/t26-/m1/s1. The molecular formula is C30H26Br2N2O5S. The van der Waals surface area contributed by atoms with Crippen molar-refractivity contribution in [2.45, 2.75) is 26.8 Å². The van der Waals surface area contributed by atoms with Crippen molar-refractivity contribution in [3.8, 4) is 11.5 Å². The van der Waals surface area contributed by atoms with E-state index in [4.69, 9.17) is 19.2 Å². The van der Waals surface area contributed by atoms with Crippen LogP contribution in [0.2, 0.25) is 0 Å². The zero-order chi connectivity index (χ0) is 28.6. The van der Waals surface area contributed by atoms with Crippen LogP contribution in [-0.2, 0) is 9.53 Å². The van der Waals surface area contributed by atoms with Gasteiger partial charge in [-0.15, -0.1) is 0 Å². The summed E-state index contributed by atoms with van der Waals surface area (Å²) in [6.07, 6.45) is 1.80. The van der Waals surface area contributed by atoms with Crippen LogP contribution in [0.15, 0.2) is 78.5 Å². The number of carbonyl (C=O) groups excluding carboxylic acids is 1. The predicted molar refractivity (Wildman–Crippen MR) is 164 cm³/mol. The van der Waals surface area contributed by atoms with Crippen LogP contribution in [0.5, 0.6) is 11.5 Å². The van der Waals surface area contributed by atoms with Crippen LogP contribution in [-0.4, -0.2) is 30.9 Å². The van der Waals surface area contributed by atoms with Gasteiger partial charge >= 0.3 is 5.97 Å². The molecule has 0 saturated carbocycles. The zero-order valence-corrected chi connectivity index (χ0v) is 26.3. The molecule has 5 rings (SSSR count). The molecular weight excluding hydrogens is 660 g/mol. The molecule has 7 nitrogen and oxygen atoms in total. The Morgan fingerprint density at radius 1 is 1.12 bits per heavy atom. The monoisotopic (exact) mass is 684 g/mol. The maximum absolute atomic E-state index is 14.2. The second-order valence-electron chi connectivity index (χ2n) is 8.94. The molecule has 0 N–H and O–H groups in total. The molecule has 0 saturated heterocycles. The largest absolute Gasteiger partial charge is 0.496 e. The first kappa shape index (κ1) is 28.3. The highest BCUT2D eigenvalue weighted by Crippen LogP contribution is 2.40. The third kappa shape index (κ3) is 5.04. The lowest BCUT2D eigenvalue weighted by Crippen LogP contribution is -2.40. The molecule has 0 bridgehead atoms. The summed E-state index contributed by atoms with van der Waals surface area (Å²) in [5.74, 6) is 0.670. The molecule has 3 aromatic carbocycles. The average Bonchev–Trinajstić information content (AvgIpc) is 3.23. The first-order chi connectivity index (χ1) is 19.3. The number of allylic oxidation sites excluding steroid dienone is 1. The fourth-order valence-electron chi connectivity index (χ4n) is 4.93. The molecule has 0 amide bonds. The van der Waals surface area contributed by atoms with Gasteiger partial charge in [0.2, 0.25) is 0 Å². The highest BCUT2D eigenvalue weighted by atomic mass is 79.9. The van der Waals surface area contributed by atoms with Gasteiger partial charge in [-0.3, -0.25) is 9.36 Å². The van der Waals surface area contributed by atoms with E-state index in [1.54, 1.807) is 31.6 Å². The number of methoxy groups -OCH3 is 1. The summed E-state index contributed by atoms with van der Waals surface area (Å²) in [6.45, 7) is 6.08. The van der Waals surface area contributed by atoms with E-state index in [0.717, 1.165) is 25.3 Å². The van der Waals surface area contributed by atoms with Crippen molar-refractivity contribution in [3.05, 3.63) is 99.6 Å². The minimum absolute atomic E-state index is 0.192. The summed E-state index contributed by atoms with van der Waals surface area (Å²) >= 11 is 8.36. The number of thiazole rings is 1. The second kappa shape index (κ2) is 11.7. The van der Waals surface area contributed by atoms with E-state index in [9.17, 15) is 9.59 Å². The van der Waals surface area contributed by atoms with E-state index in [-0.39, 0.29) is 12.2 Å². The Labute approximate surface area is 251 Å². The van der Waals surface area contributed by atoms with Crippen LogP contribution in [0.3, 0.4) is 0 Å². The number of fused-ring (bicyclic) bond motifs is 2. The van der Waals surface area contributed by atoms with Gasteiger partial charge in [-0.25, -0.2) is 9.79 Å². The molecule has 2 heterocycles. The maximum Gasteiger partial charge on any atom is 0.338 e. The number of nitrogens with zero attached hydrogens (tertiary/aromatic N) is 2. The summed E-state index contributed by atoms with van der Waals surface area (Å²) in [6, 6.07) is 14.6. The van der Waals surface area contributed by atoms with Crippen molar-refractivity contribution in [2.24, 2.45) is 4.99 Å². The molecule has 40 heavy (non-hydrogen) atoms. The quantitative estimate of drug-likeness (QED) is 0.227. The van der Waals surface area contributed by atoms with Crippen LogP contribution in [0.1, 0.15) is 37.9 Å². The number of esters is 1. The number of halogens is 2. The van der Waals surface area contributed by atoms with Crippen LogP contribution in [0.4, 0.5) is 0 Å². The fraction of sp³-hybridized carbons (Fsp3) is 0.233. The van der Waals surface area contributed by atoms with Gasteiger partial charge in [0.05, 0.1) is 40.6 Å². The number of hydrogen-bond acceptors (Lipinski definition) is 7. The van der Waals surface area contributed by atoms with E-state index in [1.807, 2.05) is 55.5 Å². The SMILES string of the molecule is CCOC(=O)C1=C(C)N=c2s/c(=C\c3cc(Br)cc(Br)c3OCC)c(=O)n2[C@H]1c1c(OC)ccc2ccccc12. The van der Waals surface area contributed by atoms with E-state index in [2.05, 4.69) is 31.9 Å². The van der Waals surface area contributed by atoms with Crippen molar-refractivity contribution in [2.75, 3.05) is 20.3 Å². The van der Waals surface area contributed by atoms with Gasteiger partial charge in [0, 0.05) is 15.6 Å². The van der Waals surface area contributed by atoms with Crippen molar-refractivity contribution < 1.29 is 19.0 Å². The Bertz CT molecular complexity index is 1860. The molecule has 0 aliphatic carbocycles.